The predicted molar refractivity (Wildman–Crippen MR) is 82.9 cm³/mol. The van der Waals surface area contributed by atoms with Gasteiger partial charge in [-0.2, -0.15) is 8.42 Å². The minimum Gasteiger partial charge on any atom is -0.507 e. The summed E-state index contributed by atoms with van der Waals surface area (Å²) in [6.07, 6.45) is 3.30. The van der Waals surface area contributed by atoms with E-state index >= 15 is 0 Å². The fourth-order valence-electron chi connectivity index (χ4n) is 1.83. The molecule has 6 nitrogen and oxygen atoms in total. The Morgan fingerprint density at radius 1 is 1.36 bits per heavy atom. The molecule has 0 saturated heterocycles. The first kappa shape index (κ1) is 18.2. The minimum atomic E-state index is -3.45. The summed E-state index contributed by atoms with van der Waals surface area (Å²) in [5.41, 5.74) is 0.705. The van der Waals surface area contributed by atoms with Crippen molar-refractivity contribution >= 4 is 15.9 Å². The van der Waals surface area contributed by atoms with Crippen LogP contribution >= 0.6 is 0 Å². The van der Waals surface area contributed by atoms with Gasteiger partial charge in [-0.15, -0.1) is 6.58 Å². The highest BCUT2D eigenvalue weighted by Gasteiger charge is 2.15. The third-order valence-electron chi connectivity index (χ3n) is 2.81. The Morgan fingerprint density at radius 3 is 2.59 bits per heavy atom. The molecule has 1 rings (SSSR count). The third kappa shape index (κ3) is 5.50. The maximum Gasteiger partial charge on any atom is 0.264 e. The van der Waals surface area contributed by atoms with Gasteiger partial charge in [-0.1, -0.05) is 6.08 Å². The van der Waals surface area contributed by atoms with Gasteiger partial charge in [0.2, 0.25) is 0 Å². The van der Waals surface area contributed by atoms with E-state index in [2.05, 4.69) is 10.8 Å². The first-order valence-corrected chi connectivity index (χ1v) is 8.51. The van der Waals surface area contributed by atoms with Gasteiger partial charge in [-0.25, -0.2) is 0 Å². The van der Waals surface area contributed by atoms with Gasteiger partial charge in [0.05, 0.1) is 25.0 Å². The summed E-state index contributed by atoms with van der Waals surface area (Å²) in [6, 6.07) is 3.10. The highest BCUT2D eigenvalue weighted by molar-refractivity contribution is 7.85. The second kappa shape index (κ2) is 7.95. The van der Waals surface area contributed by atoms with E-state index in [1.165, 1.54) is 13.0 Å². The van der Waals surface area contributed by atoms with Crippen LogP contribution in [-0.4, -0.2) is 38.8 Å². The molecule has 0 radical (unpaired) electrons. The Morgan fingerprint density at radius 2 is 2.05 bits per heavy atom. The van der Waals surface area contributed by atoms with Crippen LogP contribution in [0.3, 0.4) is 0 Å². The fraction of sp³-hybridized carbons (Fsp3) is 0.400. The number of hydrogen-bond donors (Lipinski definition) is 1. The Kier molecular flexibility index (Phi) is 6.58. The Bertz CT molecular complexity index is 648. The van der Waals surface area contributed by atoms with Crippen molar-refractivity contribution in [3.63, 3.8) is 0 Å². The van der Waals surface area contributed by atoms with Crippen LogP contribution in [0.4, 0.5) is 0 Å². The number of benzene rings is 1. The number of rotatable bonds is 9. The van der Waals surface area contributed by atoms with E-state index in [0.717, 1.165) is 6.26 Å². The Labute approximate surface area is 130 Å². The van der Waals surface area contributed by atoms with Gasteiger partial charge >= 0.3 is 0 Å². The van der Waals surface area contributed by atoms with Crippen LogP contribution in [0, 0.1) is 0 Å². The van der Waals surface area contributed by atoms with Gasteiger partial charge in [-0.05, 0) is 25.5 Å². The smallest absolute Gasteiger partial charge is 0.264 e. The summed E-state index contributed by atoms with van der Waals surface area (Å²) in [5.74, 6) is 0.0787. The normalized spacial score (nSPS) is 11.2. The molecule has 0 fully saturated rings. The van der Waals surface area contributed by atoms with Crippen LogP contribution in [0.2, 0.25) is 0 Å². The highest BCUT2D eigenvalue weighted by Crippen LogP contribution is 2.32. The summed E-state index contributed by atoms with van der Waals surface area (Å²) in [7, 11) is -3.45. The minimum absolute atomic E-state index is 0.0210. The third-order valence-corrected chi connectivity index (χ3v) is 3.41. The van der Waals surface area contributed by atoms with Crippen molar-refractivity contribution in [3.8, 4) is 11.5 Å². The number of ketones is 1. The van der Waals surface area contributed by atoms with E-state index in [4.69, 9.17) is 4.74 Å². The quantitative estimate of drug-likeness (QED) is 0.323. The van der Waals surface area contributed by atoms with Crippen LogP contribution in [0.25, 0.3) is 0 Å². The molecule has 0 aliphatic rings. The zero-order valence-electron chi connectivity index (χ0n) is 12.7. The van der Waals surface area contributed by atoms with E-state index in [-0.39, 0.29) is 30.3 Å². The van der Waals surface area contributed by atoms with Gasteiger partial charge in [0, 0.05) is 12.0 Å². The molecule has 1 N–H and O–H groups in total. The van der Waals surface area contributed by atoms with Crippen molar-refractivity contribution in [1.29, 1.82) is 0 Å². The number of hydrogen-bond acceptors (Lipinski definition) is 6. The average molecular weight is 328 g/mol. The molecular weight excluding hydrogens is 308 g/mol. The van der Waals surface area contributed by atoms with Crippen LogP contribution in [0.5, 0.6) is 11.5 Å². The van der Waals surface area contributed by atoms with Crippen molar-refractivity contribution in [2.24, 2.45) is 0 Å². The summed E-state index contributed by atoms with van der Waals surface area (Å²) in [6.45, 7) is 5.22. The lowest BCUT2D eigenvalue weighted by atomic mass is 10.0. The summed E-state index contributed by atoms with van der Waals surface area (Å²) in [4.78, 5) is 11.4. The molecule has 0 heterocycles. The second-order valence-corrected chi connectivity index (χ2v) is 6.36. The molecule has 0 aromatic heterocycles. The van der Waals surface area contributed by atoms with Crippen molar-refractivity contribution in [1.82, 2.24) is 0 Å². The van der Waals surface area contributed by atoms with Crippen LogP contribution in [0.1, 0.15) is 29.3 Å². The van der Waals surface area contributed by atoms with Crippen molar-refractivity contribution < 1.29 is 27.2 Å². The van der Waals surface area contributed by atoms with Crippen LogP contribution in [0.15, 0.2) is 24.8 Å². The zero-order chi connectivity index (χ0) is 16.8. The van der Waals surface area contributed by atoms with Crippen molar-refractivity contribution in [2.45, 2.75) is 19.8 Å². The van der Waals surface area contributed by atoms with Crippen molar-refractivity contribution in [2.75, 3.05) is 19.5 Å². The first-order chi connectivity index (χ1) is 10.3. The molecular formula is C15H20O6S. The molecule has 1 aromatic carbocycles. The highest BCUT2D eigenvalue weighted by atomic mass is 32.2. The molecule has 0 spiro atoms. The molecule has 0 atom stereocenters. The molecule has 0 aliphatic carbocycles. The topological polar surface area (TPSA) is 89.9 Å². The van der Waals surface area contributed by atoms with Gasteiger partial charge in [-0.3, -0.25) is 8.98 Å². The lowest BCUT2D eigenvalue weighted by Crippen LogP contribution is -2.09. The lowest BCUT2D eigenvalue weighted by Gasteiger charge is -2.14. The maximum atomic E-state index is 11.4. The summed E-state index contributed by atoms with van der Waals surface area (Å²) < 4.78 is 31.7. The number of ether oxygens (including phenoxy) is 1. The first-order valence-electron chi connectivity index (χ1n) is 6.70. The molecule has 7 heteroatoms. The average Bonchev–Trinajstić information content (AvgIpc) is 2.40. The summed E-state index contributed by atoms with van der Waals surface area (Å²) in [5, 5.41) is 10.1. The monoisotopic (exact) mass is 328 g/mol. The molecule has 0 amide bonds. The van der Waals surface area contributed by atoms with E-state index < -0.39 is 10.1 Å². The molecule has 22 heavy (non-hydrogen) atoms. The van der Waals surface area contributed by atoms with Crippen LogP contribution < -0.4 is 4.74 Å². The number of aromatic hydroxyl groups is 1. The van der Waals surface area contributed by atoms with E-state index in [1.807, 2.05) is 0 Å². The van der Waals surface area contributed by atoms with Gasteiger partial charge in [0.25, 0.3) is 10.1 Å². The van der Waals surface area contributed by atoms with Gasteiger partial charge < -0.3 is 9.84 Å². The number of allylic oxidation sites excluding steroid dienone is 1. The number of carbonyl (C=O) groups excluding carboxylic acids is 1. The maximum absolute atomic E-state index is 11.4. The SMILES string of the molecule is C=CCc1c(OCCCOS(C)(=O)=O)ccc(C(C)=O)c1O. The number of carbonyl (C=O) groups is 1. The Balaban J connectivity index is 2.76. The lowest BCUT2D eigenvalue weighted by molar-refractivity contribution is 0.101. The molecule has 0 bridgehead atoms. The van der Waals surface area contributed by atoms with Crippen molar-refractivity contribution in [3.05, 3.63) is 35.9 Å². The van der Waals surface area contributed by atoms with Gasteiger partial charge in [0.1, 0.15) is 11.5 Å². The molecule has 122 valence electrons. The molecule has 1 aromatic rings. The zero-order valence-corrected chi connectivity index (χ0v) is 13.5. The summed E-state index contributed by atoms with van der Waals surface area (Å²) >= 11 is 0. The number of Topliss-reactive ketones (excluding diaryl/α,β-unsaturated/α-hetero) is 1. The largest absolute Gasteiger partial charge is 0.507 e. The van der Waals surface area contributed by atoms with Gasteiger partial charge in [0.15, 0.2) is 5.78 Å². The second-order valence-electron chi connectivity index (χ2n) is 4.72. The standard InChI is InChI=1S/C15H20O6S/c1-4-6-13-14(8-7-12(11(2)16)15(13)17)20-9-5-10-21-22(3,18)19/h4,7-8,17H,1,5-6,9-10H2,2-3H3. The predicted octanol–water partition coefficient (Wildman–Crippen LogP) is 2.07. The van der Waals surface area contributed by atoms with Crippen LogP contribution in [-0.2, 0) is 20.7 Å². The van der Waals surface area contributed by atoms with E-state index in [1.54, 1.807) is 12.1 Å². The number of phenolic OH excluding ortho intramolecular Hbond substituents is 1. The van der Waals surface area contributed by atoms with E-state index in [0.29, 0.717) is 24.2 Å². The molecule has 0 aliphatic heterocycles. The molecule has 0 unspecified atom stereocenters. The number of phenols is 1. The molecule has 0 saturated carbocycles. The van der Waals surface area contributed by atoms with E-state index in [9.17, 15) is 18.3 Å². The fourth-order valence-corrected chi connectivity index (χ4v) is 2.25. The Hall–Kier alpha value is -1.86.